The highest BCUT2D eigenvalue weighted by atomic mass is 15.2. The molecule has 5 rings (SSSR count). The lowest BCUT2D eigenvalue weighted by molar-refractivity contribution is -0.654. The first-order chi connectivity index (χ1) is 19.4. The van der Waals surface area contributed by atoms with Crippen LogP contribution in [0.15, 0.2) is 84.9 Å². The number of hydrogen-bond acceptors (Lipinski definition) is 0. The van der Waals surface area contributed by atoms with E-state index in [2.05, 4.69) is 118 Å². The predicted octanol–water partition coefficient (Wildman–Crippen LogP) is 9.47. The Kier molecular flexibility index (Phi) is 6.03. The Morgan fingerprint density at radius 3 is 1.71 bits per heavy atom. The van der Waals surface area contributed by atoms with Crippen molar-refractivity contribution in [2.24, 2.45) is 7.05 Å². The van der Waals surface area contributed by atoms with E-state index < -0.39 is 6.85 Å². The van der Waals surface area contributed by atoms with Gasteiger partial charge in [0.05, 0.1) is 13.0 Å². The van der Waals surface area contributed by atoms with E-state index in [-0.39, 0.29) is 17.8 Å². The van der Waals surface area contributed by atoms with Gasteiger partial charge < -0.3 is 0 Å². The van der Waals surface area contributed by atoms with Gasteiger partial charge in [-0.15, -0.1) is 0 Å². The molecule has 0 aliphatic heterocycles. The van der Waals surface area contributed by atoms with E-state index in [1.54, 1.807) is 6.07 Å². The molecule has 0 fully saturated rings. The lowest BCUT2D eigenvalue weighted by atomic mass is 9.87. The standard InChI is InChI=1S/C36H41N2/c1-23(2)31-21-30(29-17-15-28(16-18-29)27-12-10-9-11-13-27)22-32(24(3)4)35(31)38-34-20-26(7)14-19-33(34)37(8)36(38)25(5)6/h9-25H,1-8H3/q+1/i7D3. The van der Waals surface area contributed by atoms with Gasteiger partial charge >= 0.3 is 0 Å². The maximum Gasteiger partial charge on any atom is 0.265 e. The number of aromatic nitrogens is 2. The summed E-state index contributed by atoms with van der Waals surface area (Å²) in [6.45, 7) is 11.3. The second-order valence-electron chi connectivity index (χ2n) is 11.4. The van der Waals surface area contributed by atoms with Crippen LogP contribution in [0.3, 0.4) is 0 Å². The van der Waals surface area contributed by atoms with Crippen LogP contribution in [0.5, 0.6) is 0 Å². The molecule has 38 heavy (non-hydrogen) atoms. The first kappa shape index (κ1) is 22.3. The minimum atomic E-state index is -2.17. The molecule has 0 spiro atoms. The summed E-state index contributed by atoms with van der Waals surface area (Å²) in [5, 5.41) is 0. The van der Waals surface area contributed by atoms with Gasteiger partial charge in [0, 0.05) is 15.2 Å². The molecule has 0 amide bonds. The van der Waals surface area contributed by atoms with Crippen molar-refractivity contribution in [3.05, 3.63) is 107 Å². The van der Waals surface area contributed by atoms with E-state index in [0.29, 0.717) is 5.56 Å². The molecule has 2 nitrogen and oxygen atoms in total. The fourth-order valence-electron chi connectivity index (χ4n) is 5.73. The summed E-state index contributed by atoms with van der Waals surface area (Å²) in [7, 11) is 2.09. The highest BCUT2D eigenvalue weighted by Gasteiger charge is 2.31. The monoisotopic (exact) mass is 504 g/mol. The lowest BCUT2D eigenvalue weighted by Crippen LogP contribution is -2.34. The Morgan fingerprint density at radius 2 is 1.18 bits per heavy atom. The molecule has 0 N–H and O–H groups in total. The topological polar surface area (TPSA) is 8.81 Å². The van der Waals surface area contributed by atoms with Crippen molar-refractivity contribution in [1.82, 2.24) is 4.57 Å². The fraction of sp³-hybridized carbons (Fsp3) is 0.306. The second kappa shape index (κ2) is 10.3. The van der Waals surface area contributed by atoms with Gasteiger partial charge in [-0.25, -0.2) is 4.57 Å². The van der Waals surface area contributed by atoms with Gasteiger partial charge in [-0.05, 0) is 70.8 Å². The van der Waals surface area contributed by atoms with E-state index >= 15 is 0 Å². The van der Waals surface area contributed by atoms with Crippen LogP contribution in [-0.2, 0) is 7.05 Å². The zero-order valence-corrected chi connectivity index (χ0v) is 23.7. The average molecular weight is 505 g/mol. The zero-order chi connectivity index (χ0) is 29.6. The lowest BCUT2D eigenvalue weighted by Gasteiger charge is -2.21. The summed E-state index contributed by atoms with van der Waals surface area (Å²) in [5.41, 5.74) is 10.9. The van der Waals surface area contributed by atoms with Crippen molar-refractivity contribution in [2.75, 3.05) is 0 Å². The summed E-state index contributed by atoms with van der Waals surface area (Å²) in [6.07, 6.45) is 0. The molecule has 0 radical (unpaired) electrons. The van der Waals surface area contributed by atoms with Gasteiger partial charge in [-0.1, -0.05) is 102 Å². The van der Waals surface area contributed by atoms with E-state index in [0.717, 1.165) is 16.9 Å². The summed E-state index contributed by atoms with van der Waals surface area (Å²) in [5.74, 6) is 1.92. The van der Waals surface area contributed by atoms with Crippen LogP contribution in [0.4, 0.5) is 0 Å². The van der Waals surface area contributed by atoms with Crippen LogP contribution in [0.25, 0.3) is 39.0 Å². The molecule has 4 aromatic carbocycles. The van der Waals surface area contributed by atoms with Crippen LogP contribution >= 0.6 is 0 Å². The van der Waals surface area contributed by atoms with Gasteiger partial charge in [0.1, 0.15) is 5.69 Å². The molecule has 1 aromatic heterocycles. The van der Waals surface area contributed by atoms with E-state index in [4.69, 9.17) is 4.11 Å². The molecule has 0 saturated carbocycles. The van der Waals surface area contributed by atoms with Gasteiger partial charge in [0.2, 0.25) is 0 Å². The molecule has 0 aliphatic rings. The number of nitrogens with zero attached hydrogens (tertiary/aromatic N) is 2. The Morgan fingerprint density at radius 1 is 0.632 bits per heavy atom. The fourth-order valence-corrected chi connectivity index (χ4v) is 5.73. The Bertz CT molecular complexity index is 1660. The molecular weight excluding hydrogens is 460 g/mol. The zero-order valence-electron chi connectivity index (χ0n) is 26.7. The maximum atomic E-state index is 8.10. The van der Waals surface area contributed by atoms with Crippen LogP contribution in [0.2, 0.25) is 0 Å². The largest absolute Gasteiger partial charge is 0.265 e. The number of rotatable bonds is 6. The molecule has 0 aliphatic carbocycles. The minimum Gasteiger partial charge on any atom is -0.229 e. The molecule has 1 heterocycles. The highest BCUT2D eigenvalue weighted by molar-refractivity contribution is 5.79. The predicted molar refractivity (Wildman–Crippen MR) is 162 cm³/mol. The van der Waals surface area contributed by atoms with Crippen molar-refractivity contribution in [1.29, 1.82) is 0 Å². The minimum absolute atomic E-state index is 0.230. The normalized spacial score (nSPS) is 13.4. The van der Waals surface area contributed by atoms with Gasteiger partial charge in [-0.3, -0.25) is 0 Å². The Labute approximate surface area is 232 Å². The van der Waals surface area contributed by atoms with E-state index in [1.165, 1.54) is 39.1 Å². The van der Waals surface area contributed by atoms with Crippen LogP contribution in [-0.4, -0.2) is 4.57 Å². The van der Waals surface area contributed by atoms with Crippen LogP contribution in [0, 0.1) is 6.85 Å². The van der Waals surface area contributed by atoms with Crippen molar-refractivity contribution in [2.45, 2.75) is 66.1 Å². The number of fused-ring (bicyclic) bond motifs is 1. The SMILES string of the molecule is [2H]C([2H])([2H])c1ccc2c(c1)n(-c1c(C(C)C)cc(-c3ccc(-c4ccccc4)cc3)cc1C(C)C)c(C(C)C)[n+]2C. The number of imidazole rings is 1. The quantitative estimate of drug-likeness (QED) is 0.204. The molecule has 194 valence electrons. The van der Waals surface area contributed by atoms with Gasteiger partial charge in [0.15, 0.2) is 11.0 Å². The summed E-state index contributed by atoms with van der Waals surface area (Å²) in [4.78, 5) is 0. The number of aryl methyl sites for hydroxylation is 2. The summed E-state index contributed by atoms with van der Waals surface area (Å²) < 4.78 is 28.9. The third-order valence-electron chi connectivity index (χ3n) is 7.63. The third kappa shape index (κ3) is 4.58. The molecule has 2 heteroatoms. The van der Waals surface area contributed by atoms with Crippen molar-refractivity contribution >= 4 is 11.0 Å². The first-order valence-electron chi connectivity index (χ1n) is 15.3. The van der Waals surface area contributed by atoms with Crippen molar-refractivity contribution in [3.63, 3.8) is 0 Å². The Hall–Kier alpha value is -3.65. The molecule has 0 unspecified atom stereocenters. The van der Waals surface area contributed by atoms with Crippen molar-refractivity contribution < 1.29 is 8.68 Å². The van der Waals surface area contributed by atoms with Crippen LogP contribution < -0.4 is 4.57 Å². The first-order valence-corrected chi connectivity index (χ1v) is 13.8. The third-order valence-corrected chi connectivity index (χ3v) is 7.63. The number of hydrogen-bond donors (Lipinski definition) is 0. The van der Waals surface area contributed by atoms with E-state index in [9.17, 15) is 0 Å². The molecule has 0 bridgehead atoms. The van der Waals surface area contributed by atoms with Gasteiger partial charge in [0.25, 0.3) is 5.82 Å². The summed E-state index contributed by atoms with van der Waals surface area (Å²) >= 11 is 0. The number of benzene rings is 4. The van der Waals surface area contributed by atoms with Crippen molar-refractivity contribution in [3.8, 4) is 27.9 Å². The molecule has 0 atom stereocenters. The molecule has 0 saturated heterocycles. The second-order valence-corrected chi connectivity index (χ2v) is 11.4. The summed E-state index contributed by atoms with van der Waals surface area (Å²) in [6, 6.07) is 29.6. The molecule has 5 aromatic rings. The van der Waals surface area contributed by atoms with Gasteiger partial charge in [-0.2, -0.15) is 4.57 Å². The smallest absolute Gasteiger partial charge is 0.229 e. The van der Waals surface area contributed by atoms with E-state index in [1.807, 2.05) is 18.2 Å². The molecular formula is C36H41N2+. The van der Waals surface area contributed by atoms with Crippen LogP contribution in [0.1, 0.15) is 85.9 Å². The Balaban J connectivity index is 1.78. The highest BCUT2D eigenvalue weighted by Crippen LogP contribution is 2.39. The maximum absolute atomic E-state index is 8.10. The average Bonchev–Trinajstić information content (AvgIpc) is 3.24.